The average molecular weight is 434 g/mol. The van der Waals surface area contributed by atoms with Gasteiger partial charge in [-0.3, -0.25) is 14.4 Å². The zero-order valence-corrected chi connectivity index (χ0v) is 16.2. The highest BCUT2D eigenvalue weighted by Gasteiger charge is 2.35. The Morgan fingerprint density at radius 3 is 2.61 bits per heavy atom. The van der Waals surface area contributed by atoms with E-state index in [0.717, 1.165) is 12.1 Å². The molecule has 3 heterocycles. The number of H-pyrrole nitrogens is 1. The lowest BCUT2D eigenvalue weighted by Crippen LogP contribution is -2.46. The van der Waals surface area contributed by atoms with E-state index in [4.69, 9.17) is 4.52 Å². The number of anilines is 1. The number of aromatic nitrogens is 2. The smallest absolute Gasteiger partial charge is 0.313 e. The number of carbonyl (C=O) groups excluding carboxylic acids is 2. The van der Waals surface area contributed by atoms with Crippen LogP contribution in [0.4, 0.5) is 18.9 Å². The van der Waals surface area contributed by atoms with Gasteiger partial charge in [0.05, 0.1) is 17.9 Å². The number of hydrogen-bond donors (Lipinski definition) is 2. The number of nitrogens with zero attached hydrogens (tertiary/aromatic N) is 2. The van der Waals surface area contributed by atoms with Crippen LogP contribution >= 0.6 is 0 Å². The number of likely N-dealkylation sites (tertiary alicyclic amines) is 1. The van der Waals surface area contributed by atoms with Crippen molar-refractivity contribution in [3.8, 4) is 0 Å². The van der Waals surface area contributed by atoms with Crippen molar-refractivity contribution >= 4 is 28.6 Å². The third-order valence-electron chi connectivity index (χ3n) is 5.26. The summed E-state index contributed by atoms with van der Waals surface area (Å²) in [6, 6.07) is 2.17. The zero-order chi connectivity index (χ0) is 22.3. The molecule has 1 aromatic carbocycles. The molecular formula is C20H17F3N4O4. The van der Waals surface area contributed by atoms with Gasteiger partial charge in [0, 0.05) is 6.54 Å². The van der Waals surface area contributed by atoms with Gasteiger partial charge in [0.25, 0.3) is 11.3 Å². The van der Waals surface area contributed by atoms with Crippen molar-refractivity contribution in [2.45, 2.75) is 25.8 Å². The highest BCUT2D eigenvalue weighted by Crippen LogP contribution is 2.34. The average Bonchev–Trinajstić information content (AvgIpc) is 3.11. The summed E-state index contributed by atoms with van der Waals surface area (Å²) in [5.41, 5.74) is -0.342. The number of piperidine rings is 1. The second-order valence-corrected chi connectivity index (χ2v) is 7.52. The molecule has 1 aliphatic heterocycles. The van der Waals surface area contributed by atoms with Crippen molar-refractivity contribution in [2.24, 2.45) is 5.92 Å². The largest absolute Gasteiger partial charge is 0.358 e. The van der Waals surface area contributed by atoms with E-state index in [9.17, 15) is 27.6 Å². The minimum Gasteiger partial charge on any atom is -0.358 e. The first-order valence-electron chi connectivity index (χ1n) is 9.48. The minimum absolute atomic E-state index is 0.0413. The van der Waals surface area contributed by atoms with Crippen molar-refractivity contribution in [1.29, 1.82) is 0 Å². The molecule has 2 N–H and O–H groups in total. The van der Waals surface area contributed by atoms with E-state index in [0.29, 0.717) is 12.8 Å². The quantitative estimate of drug-likeness (QED) is 0.476. The molecule has 2 amide bonds. The van der Waals surface area contributed by atoms with Gasteiger partial charge in [0.15, 0.2) is 17.5 Å². The van der Waals surface area contributed by atoms with Gasteiger partial charge in [-0.05, 0) is 42.5 Å². The molecular weight excluding hydrogens is 417 g/mol. The second-order valence-electron chi connectivity index (χ2n) is 7.52. The van der Waals surface area contributed by atoms with Gasteiger partial charge in [-0.1, -0.05) is 6.92 Å². The lowest BCUT2D eigenvalue weighted by Gasteiger charge is -2.38. The van der Waals surface area contributed by atoms with Crippen LogP contribution in [0, 0.1) is 23.4 Å². The number of amides is 2. The molecule has 2 atom stereocenters. The third-order valence-corrected chi connectivity index (χ3v) is 5.26. The van der Waals surface area contributed by atoms with E-state index in [2.05, 4.69) is 15.5 Å². The van der Waals surface area contributed by atoms with Crippen LogP contribution in [-0.4, -0.2) is 33.4 Å². The number of carbonyl (C=O) groups is 2. The van der Waals surface area contributed by atoms with Crippen molar-refractivity contribution < 1.29 is 27.3 Å². The van der Waals surface area contributed by atoms with E-state index in [1.165, 1.54) is 17.2 Å². The van der Waals surface area contributed by atoms with Crippen LogP contribution in [0.2, 0.25) is 0 Å². The molecule has 0 spiro atoms. The normalized spacial score (nSPS) is 18.9. The number of fused-ring (bicyclic) bond motifs is 1. The van der Waals surface area contributed by atoms with Gasteiger partial charge in [0.1, 0.15) is 5.39 Å². The molecule has 1 fully saturated rings. The number of halogens is 3. The van der Waals surface area contributed by atoms with Gasteiger partial charge in [-0.25, -0.2) is 18.2 Å². The highest BCUT2D eigenvalue weighted by molar-refractivity contribution is 6.39. The molecule has 4 rings (SSSR count). The molecule has 0 saturated carbocycles. The van der Waals surface area contributed by atoms with Crippen LogP contribution in [0.3, 0.4) is 0 Å². The lowest BCUT2D eigenvalue weighted by atomic mass is 9.89. The van der Waals surface area contributed by atoms with Gasteiger partial charge in [-0.2, -0.15) is 5.16 Å². The van der Waals surface area contributed by atoms with Crippen molar-refractivity contribution in [3.63, 3.8) is 0 Å². The van der Waals surface area contributed by atoms with Crippen molar-refractivity contribution in [1.82, 2.24) is 15.0 Å². The van der Waals surface area contributed by atoms with Crippen LogP contribution in [0.5, 0.6) is 0 Å². The second kappa shape index (κ2) is 7.89. The number of aromatic amines is 1. The summed E-state index contributed by atoms with van der Waals surface area (Å²) in [5, 5.41) is 4.57. The Morgan fingerprint density at radius 1 is 1.19 bits per heavy atom. The first kappa shape index (κ1) is 20.6. The monoisotopic (exact) mass is 434 g/mol. The number of pyridine rings is 1. The van der Waals surface area contributed by atoms with E-state index in [-0.39, 0.29) is 34.8 Å². The molecule has 3 aromatic rings. The molecule has 0 unspecified atom stereocenters. The van der Waals surface area contributed by atoms with Gasteiger partial charge < -0.3 is 14.7 Å². The van der Waals surface area contributed by atoms with Gasteiger partial charge in [0.2, 0.25) is 0 Å². The zero-order valence-electron chi connectivity index (χ0n) is 16.2. The predicted molar refractivity (Wildman–Crippen MR) is 102 cm³/mol. The molecule has 31 heavy (non-hydrogen) atoms. The molecule has 162 valence electrons. The molecule has 1 aliphatic rings. The fourth-order valence-electron chi connectivity index (χ4n) is 3.72. The number of rotatable bonds is 2. The molecule has 1 saturated heterocycles. The Kier molecular flexibility index (Phi) is 5.25. The maximum Gasteiger partial charge on any atom is 0.313 e. The van der Waals surface area contributed by atoms with E-state index in [1.54, 1.807) is 0 Å². The molecule has 2 aromatic heterocycles. The summed E-state index contributed by atoms with van der Waals surface area (Å²) in [5.74, 6) is -6.22. The molecule has 8 nitrogen and oxygen atoms in total. The maximum absolute atomic E-state index is 13.7. The SMILES string of the molecule is C[C@@H]1CC[C@@H](c2cc(F)c(F)c(F)c2)N(C(=O)C(=O)Nc2cnc3o[nH]c(=O)c3c2)C1. The van der Waals surface area contributed by atoms with Crippen molar-refractivity contribution in [2.75, 3.05) is 11.9 Å². The number of benzene rings is 1. The molecule has 0 bridgehead atoms. The van der Waals surface area contributed by atoms with Crippen LogP contribution in [0.1, 0.15) is 31.4 Å². The molecule has 0 aliphatic carbocycles. The van der Waals surface area contributed by atoms with Crippen LogP contribution < -0.4 is 10.9 Å². The van der Waals surface area contributed by atoms with E-state index < -0.39 is 40.9 Å². The minimum atomic E-state index is -1.60. The first-order valence-corrected chi connectivity index (χ1v) is 9.48. The number of nitrogens with one attached hydrogen (secondary N) is 2. The summed E-state index contributed by atoms with van der Waals surface area (Å²) < 4.78 is 45.7. The van der Waals surface area contributed by atoms with Gasteiger partial charge >= 0.3 is 11.8 Å². The topological polar surface area (TPSA) is 108 Å². The van der Waals surface area contributed by atoms with Crippen LogP contribution in [-0.2, 0) is 9.59 Å². The fourth-order valence-corrected chi connectivity index (χ4v) is 3.72. The predicted octanol–water partition coefficient (Wildman–Crippen LogP) is 2.87. The Morgan fingerprint density at radius 2 is 1.90 bits per heavy atom. The third kappa shape index (κ3) is 3.90. The molecule has 11 heteroatoms. The summed E-state index contributed by atoms with van der Waals surface area (Å²) in [7, 11) is 0. The Bertz CT molecular complexity index is 1220. The Hall–Kier alpha value is -3.63. The van der Waals surface area contributed by atoms with Crippen LogP contribution in [0.15, 0.2) is 33.7 Å². The fraction of sp³-hybridized carbons (Fsp3) is 0.300. The van der Waals surface area contributed by atoms with E-state index >= 15 is 0 Å². The highest BCUT2D eigenvalue weighted by atomic mass is 19.2. The summed E-state index contributed by atoms with van der Waals surface area (Å²) >= 11 is 0. The number of hydrogen-bond acceptors (Lipinski definition) is 5. The van der Waals surface area contributed by atoms with Gasteiger partial charge in [-0.15, -0.1) is 0 Å². The van der Waals surface area contributed by atoms with E-state index in [1.807, 2.05) is 6.92 Å². The summed E-state index contributed by atoms with van der Waals surface area (Å²) in [6.07, 6.45) is 2.22. The Balaban J connectivity index is 1.59. The van der Waals surface area contributed by atoms with Crippen LogP contribution in [0.25, 0.3) is 11.1 Å². The lowest BCUT2D eigenvalue weighted by molar-refractivity contribution is -0.146. The summed E-state index contributed by atoms with van der Waals surface area (Å²) in [4.78, 5) is 42.2. The maximum atomic E-state index is 13.7. The summed E-state index contributed by atoms with van der Waals surface area (Å²) in [6.45, 7) is 2.06. The molecule has 0 radical (unpaired) electrons. The standard InChI is InChI=1S/C20H17F3N4O4/c1-9-2-3-15(10-4-13(21)16(23)14(22)5-10)27(8-9)20(30)18(29)25-11-6-12-17(28)26-31-19(12)24-7-11/h4-7,9,15H,2-3,8H2,1H3,(H,25,29)(H,26,28)/t9-,15+/m1/s1. The van der Waals surface area contributed by atoms with Crippen molar-refractivity contribution in [3.05, 3.63) is 57.8 Å². The Labute approximate surface area is 173 Å². The first-order chi connectivity index (χ1) is 14.7.